The molecule has 0 radical (unpaired) electrons. The van der Waals surface area contributed by atoms with Crippen molar-refractivity contribution in [2.75, 3.05) is 5.01 Å². The van der Waals surface area contributed by atoms with Gasteiger partial charge in [-0.3, -0.25) is 0 Å². The second-order valence-electron chi connectivity index (χ2n) is 7.23. The molecule has 3 aromatic rings. The third-order valence-corrected chi connectivity index (χ3v) is 5.36. The largest absolute Gasteiger partial charge is 0.454 e. The maximum Gasteiger partial charge on any atom is 0.347 e. The van der Waals surface area contributed by atoms with E-state index in [9.17, 15) is 4.79 Å². The Morgan fingerprint density at radius 2 is 1.94 bits per heavy atom. The summed E-state index contributed by atoms with van der Waals surface area (Å²) < 4.78 is 5.98. The number of carbonyl (C=O) groups is 1. The third kappa shape index (κ3) is 3.83. The lowest BCUT2D eigenvalue weighted by Gasteiger charge is -2.24. The lowest BCUT2D eigenvalue weighted by molar-refractivity contribution is 0.248. The number of rotatable bonds is 4. The predicted molar refractivity (Wildman–Crippen MR) is 122 cm³/mol. The first-order valence-corrected chi connectivity index (χ1v) is 10.1. The molecule has 0 fully saturated rings. The smallest absolute Gasteiger partial charge is 0.347 e. The fourth-order valence-corrected chi connectivity index (χ4v) is 3.81. The second-order valence-corrected chi connectivity index (χ2v) is 8.04. The van der Waals surface area contributed by atoms with E-state index in [4.69, 9.17) is 33.2 Å². The van der Waals surface area contributed by atoms with E-state index in [-0.39, 0.29) is 32.9 Å². The van der Waals surface area contributed by atoms with E-state index in [2.05, 4.69) is 35.8 Å². The van der Waals surface area contributed by atoms with Crippen LogP contribution < -0.4 is 15.1 Å². The molecule has 0 unspecified atom stereocenters. The van der Waals surface area contributed by atoms with E-state index in [0.717, 1.165) is 15.9 Å². The Balaban J connectivity index is 1.69. The number of H-pyrrole nitrogens is 1. The lowest BCUT2D eigenvalue weighted by Crippen LogP contribution is -2.42. The van der Waals surface area contributed by atoms with Gasteiger partial charge in [-0.1, -0.05) is 43.6 Å². The molecule has 0 saturated heterocycles. The van der Waals surface area contributed by atoms with Gasteiger partial charge in [0.15, 0.2) is 11.5 Å². The van der Waals surface area contributed by atoms with Crippen molar-refractivity contribution < 1.29 is 9.53 Å². The number of ether oxygens (including phenoxy) is 1. The topological polar surface area (TPSA) is 93.5 Å². The van der Waals surface area contributed by atoms with E-state index in [0.29, 0.717) is 11.7 Å². The predicted octanol–water partition coefficient (Wildman–Crippen LogP) is 6.31. The number of allylic oxidation sites excluding steroid dienone is 1. The summed E-state index contributed by atoms with van der Waals surface area (Å²) in [5.41, 5.74) is 2.57. The Bertz CT molecular complexity index is 1280. The maximum atomic E-state index is 12.3. The molecule has 0 saturated carbocycles. The molecule has 31 heavy (non-hydrogen) atoms. The number of benzene rings is 2. The molecule has 2 N–H and O–H groups in total. The van der Waals surface area contributed by atoms with Crippen molar-refractivity contribution in [2.24, 2.45) is 5.10 Å². The summed E-state index contributed by atoms with van der Waals surface area (Å²) in [7, 11) is 0. The average molecular weight is 454 g/mol. The van der Waals surface area contributed by atoms with Crippen LogP contribution in [-0.4, -0.2) is 16.7 Å². The quantitative estimate of drug-likeness (QED) is 0.484. The van der Waals surface area contributed by atoms with E-state index in [1.807, 2.05) is 30.5 Å². The summed E-state index contributed by atoms with van der Waals surface area (Å²) in [5, 5.41) is 18.0. The minimum Gasteiger partial charge on any atom is -0.454 e. The van der Waals surface area contributed by atoms with E-state index in [1.54, 1.807) is 0 Å². The highest BCUT2D eigenvalue weighted by Crippen LogP contribution is 2.41. The van der Waals surface area contributed by atoms with Gasteiger partial charge in [0.1, 0.15) is 11.8 Å². The minimum atomic E-state index is -0.580. The van der Waals surface area contributed by atoms with Crippen LogP contribution in [0.15, 0.2) is 53.9 Å². The molecule has 1 aliphatic heterocycles. The molecule has 1 aromatic heterocycles. The van der Waals surface area contributed by atoms with Crippen LogP contribution in [0.3, 0.4) is 0 Å². The molecule has 9 heteroatoms. The van der Waals surface area contributed by atoms with E-state index in [1.165, 1.54) is 17.7 Å². The average Bonchev–Trinajstić information content (AvgIpc) is 3.14. The zero-order chi connectivity index (χ0) is 22.3. The van der Waals surface area contributed by atoms with Gasteiger partial charge in [-0.15, -0.1) is 0 Å². The van der Waals surface area contributed by atoms with Gasteiger partial charge in [0, 0.05) is 17.1 Å². The first-order chi connectivity index (χ1) is 14.8. The monoisotopic (exact) mass is 453 g/mol. The molecule has 0 atom stereocenters. The van der Waals surface area contributed by atoms with Crippen LogP contribution in [0.2, 0.25) is 10.0 Å². The number of aromatic amines is 1. The molecule has 0 bridgehead atoms. The SMILES string of the molecule is C=C1NC(=O)N(c2cc(Cl)c(Oc3ccc4[nH]cc(C(C)C)c4c3)c(Cl)c2)N=C1C#N. The van der Waals surface area contributed by atoms with Crippen LogP contribution in [0.25, 0.3) is 10.9 Å². The maximum absolute atomic E-state index is 12.3. The number of nitriles is 1. The molecule has 7 nitrogen and oxygen atoms in total. The molecule has 4 rings (SSSR count). The van der Waals surface area contributed by atoms with Crippen LogP contribution in [0.4, 0.5) is 10.5 Å². The first-order valence-electron chi connectivity index (χ1n) is 9.35. The number of amides is 2. The van der Waals surface area contributed by atoms with Crippen molar-refractivity contribution in [3.63, 3.8) is 0 Å². The number of aromatic nitrogens is 1. The first kappa shape index (κ1) is 20.8. The molecular weight excluding hydrogens is 437 g/mol. The van der Waals surface area contributed by atoms with E-state index < -0.39 is 6.03 Å². The Labute approximate surface area is 188 Å². The Morgan fingerprint density at radius 1 is 1.23 bits per heavy atom. The molecule has 2 amide bonds. The van der Waals surface area contributed by atoms with Crippen LogP contribution in [0.5, 0.6) is 11.5 Å². The molecule has 2 heterocycles. The number of carbonyl (C=O) groups excluding carboxylic acids is 1. The number of hydrazone groups is 1. The summed E-state index contributed by atoms with van der Waals surface area (Å²) in [6, 6.07) is 9.94. The number of anilines is 1. The number of nitrogens with zero attached hydrogens (tertiary/aromatic N) is 3. The van der Waals surface area contributed by atoms with Crippen molar-refractivity contribution in [2.45, 2.75) is 19.8 Å². The normalized spacial score (nSPS) is 13.9. The van der Waals surface area contributed by atoms with Crippen molar-refractivity contribution in [3.8, 4) is 17.6 Å². The number of hydrogen-bond donors (Lipinski definition) is 2. The Kier molecular flexibility index (Phi) is 5.36. The van der Waals surface area contributed by atoms with Gasteiger partial charge in [0.25, 0.3) is 0 Å². The van der Waals surface area contributed by atoms with Crippen LogP contribution in [0, 0.1) is 11.3 Å². The number of hydrogen-bond acceptors (Lipinski definition) is 4. The summed E-state index contributed by atoms with van der Waals surface area (Å²) in [5.74, 6) is 1.17. The molecule has 156 valence electrons. The van der Waals surface area contributed by atoms with Crippen molar-refractivity contribution in [3.05, 3.63) is 64.4 Å². The lowest BCUT2D eigenvalue weighted by atomic mass is 10.0. The third-order valence-electron chi connectivity index (χ3n) is 4.80. The summed E-state index contributed by atoms with van der Waals surface area (Å²) in [4.78, 5) is 15.5. The van der Waals surface area contributed by atoms with Crippen LogP contribution >= 0.6 is 23.2 Å². The molecule has 2 aromatic carbocycles. The number of nitrogens with one attached hydrogen (secondary N) is 2. The summed E-state index contributed by atoms with van der Waals surface area (Å²) >= 11 is 12.8. The van der Waals surface area contributed by atoms with Gasteiger partial charge in [-0.25, -0.2) is 4.79 Å². The van der Waals surface area contributed by atoms with Gasteiger partial charge in [-0.05, 0) is 41.8 Å². The number of halogens is 2. The van der Waals surface area contributed by atoms with Crippen molar-refractivity contribution >= 4 is 51.5 Å². The van der Waals surface area contributed by atoms with E-state index >= 15 is 0 Å². The van der Waals surface area contributed by atoms with Gasteiger partial charge >= 0.3 is 6.03 Å². The Morgan fingerprint density at radius 3 is 2.58 bits per heavy atom. The second kappa shape index (κ2) is 7.99. The number of fused-ring (bicyclic) bond motifs is 1. The van der Waals surface area contributed by atoms with Gasteiger partial charge < -0.3 is 15.0 Å². The highest BCUT2D eigenvalue weighted by molar-refractivity contribution is 6.37. The highest BCUT2D eigenvalue weighted by Gasteiger charge is 2.26. The zero-order valence-corrected chi connectivity index (χ0v) is 18.2. The van der Waals surface area contributed by atoms with Gasteiger partial charge in [0.2, 0.25) is 0 Å². The fraction of sp³-hybridized carbons (Fsp3) is 0.136. The Hall–Kier alpha value is -3.47. The fourth-order valence-electron chi connectivity index (χ4n) is 3.26. The molecular formula is C22H17Cl2N5O2. The molecule has 0 aliphatic carbocycles. The van der Waals surface area contributed by atoms with Gasteiger partial charge in [0.05, 0.1) is 21.4 Å². The minimum absolute atomic E-state index is 0.0204. The number of urea groups is 1. The van der Waals surface area contributed by atoms with Crippen LogP contribution in [0.1, 0.15) is 25.3 Å². The zero-order valence-electron chi connectivity index (χ0n) is 16.7. The standard InChI is InChI=1S/C22H17Cl2N5O2/c1-11(2)16-10-26-19-5-4-14(8-15(16)19)31-21-17(23)6-13(7-18(21)24)29-22(30)27-12(3)20(9-25)28-29/h4-8,10-11,26H,3H2,1-2H3,(H,27,30). The van der Waals surface area contributed by atoms with Crippen molar-refractivity contribution in [1.82, 2.24) is 10.3 Å². The molecule has 1 aliphatic rings. The van der Waals surface area contributed by atoms with Crippen LogP contribution in [-0.2, 0) is 0 Å². The summed E-state index contributed by atoms with van der Waals surface area (Å²) in [6.45, 7) is 7.83. The highest BCUT2D eigenvalue weighted by atomic mass is 35.5. The molecule has 0 spiro atoms. The summed E-state index contributed by atoms with van der Waals surface area (Å²) in [6.07, 6.45) is 1.99. The van der Waals surface area contributed by atoms with Gasteiger partial charge in [-0.2, -0.15) is 15.4 Å². The van der Waals surface area contributed by atoms with Crippen molar-refractivity contribution in [1.29, 1.82) is 5.26 Å².